The van der Waals surface area contributed by atoms with Gasteiger partial charge in [-0.1, -0.05) is 65.7 Å². The summed E-state index contributed by atoms with van der Waals surface area (Å²) in [4.78, 5) is 41.9. The van der Waals surface area contributed by atoms with E-state index >= 15 is 0 Å². The van der Waals surface area contributed by atoms with Gasteiger partial charge in [0.25, 0.3) is 11.8 Å². The smallest absolute Gasteiger partial charge is 0.433 e. The highest BCUT2D eigenvalue weighted by Crippen LogP contribution is 2.58. The van der Waals surface area contributed by atoms with Crippen molar-refractivity contribution in [1.29, 1.82) is 10.5 Å². The molecule has 0 spiro atoms. The van der Waals surface area contributed by atoms with Crippen molar-refractivity contribution in [3.05, 3.63) is 188 Å². The predicted octanol–water partition coefficient (Wildman–Crippen LogP) is 17.4. The Balaban J connectivity index is 0.000000311. The summed E-state index contributed by atoms with van der Waals surface area (Å²) in [5.74, 6) is 0.893. The highest BCUT2D eigenvalue weighted by molar-refractivity contribution is 9.11. The summed E-state index contributed by atoms with van der Waals surface area (Å²) in [6.07, 6.45) is -2.65. The van der Waals surface area contributed by atoms with Gasteiger partial charge in [0, 0.05) is 76.3 Å². The van der Waals surface area contributed by atoms with Crippen LogP contribution >= 0.6 is 79.6 Å². The first-order valence-electron chi connectivity index (χ1n) is 23.1. The van der Waals surface area contributed by atoms with E-state index in [1.54, 1.807) is 26.0 Å². The maximum Gasteiger partial charge on any atom is 0.433 e. The first-order chi connectivity index (χ1) is 39.3. The summed E-state index contributed by atoms with van der Waals surface area (Å²) in [5, 5.41) is 23.6. The number of anilines is 2. The highest BCUT2D eigenvalue weighted by atomic mass is 79.9. The monoisotopic (exact) mass is 1510 g/mol. The zero-order chi connectivity index (χ0) is 64.1. The second-order valence-corrected chi connectivity index (χ2v) is 22.3. The molecule has 442 valence electrons. The van der Waals surface area contributed by atoms with Crippen LogP contribution in [0.15, 0.2) is 110 Å². The topological polar surface area (TPSA) is 149 Å². The number of ether oxygens (including phenoxy) is 1. The Hall–Kier alpha value is -7.08. The minimum Gasteiger partial charge on any atom is -0.434 e. The molecule has 85 heavy (non-hydrogen) atoms. The van der Waals surface area contributed by atoms with Gasteiger partial charge in [0.1, 0.15) is 11.8 Å². The summed E-state index contributed by atoms with van der Waals surface area (Å²) in [6, 6.07) is 21.7. The van der Waals surface area contributed by atoms with Gasteiger partial charge in [-0.3, -0.25) is 19.2 Å². The number of carbonyl (C=O) groups is 4. The molecule has 0 saturated carbocycles. The van der Waals surface area contributed by atoms with Gasteiger partial charge in [0.15, 0.2) is 11.6 Å². The second-order valence-electron chi connectivity index (χ2n) is 17.7. The fourth-order valence-electron chi connectivity index (χ4n) is 7.90. The van der Waals surface area contributed by atoms with Crippen LogP contribution in [0.3, 0.4) is 0 Å². The summed E-state index contributed by atoms with van der Waals surface area (Å²) in [7, 11) is 0. The van der Waals surface area contributed by atoms with Crippen molar-refractivity contribution in [2.24, 2.45) is 0 Å². The lowest BCUT2D eigenvalue weighted by molar-refractivity contribution is -0.282. The number of hydrogen-bond donors (Lipinski definition) is 2. The third-order valence-corrected chi connectivity index (χ3v) is 15.5. The third-order valence-electron chi connectivity index (χ3n) is 12.2. The van der Waals surface area contributed by atoms with Gasteiger partial charge in [-0.05, 0) is 153 Å². The first kappa shape index (κ1) is 68.7. The number of aryl methyl sites for hydroxylation is 2. The predicted molar refractivity (Wildman–Crippen MR) is 301 cm³/mol. The van der Waals surface area contributed by atoms with Crippen molar-refractivity contribution in [3.63, 3.8) is 0 Å². The van der Waals surface area contributed by atoms with Crippen molar-refractivity contribution in [1.82, 2.24) is 0 Å². The number of hydrogen-bond acceptors (Lipinski definition) is 7. The number of halogens is 19. The summed E-state index contributed by atoms with van der Waals surface area (Å²) in [5.41, 5.74) is -11.7. The second kappa shape index (κ2) is 26.7. The number of benzene rings is 6. The number of ketones is 2. The average Bonchev–Trinajstić information content (AvgIpc) is 3.11. The van der Waals surface area contributed by atoms with Crippen molar-refractivity contribution < 1.29 is 85.4 Å². The number of nitriles is 2. The van der Waals surface area contributed by atoms with Gasteiger partial charge in [-0.2, -0.15) is 63.2 Å². The zero-order valence-corrected chi connectivity index (χ0v) is 50.4. The Bertz CT molecular complexity index is 3780. The number of Topliss-reactive ketones (excluding diaryl/α,β-unsaturated/α-hetero) is 2. The number of alkyl halides is 16. The first-order valence-corrected chi connectivity index (χ1v) is 27.1. The molecule has 6 aromatic rings. The average molecular weight is 1520 g/mol. The molecule has 0 heterocycles. The molecule has 0 radical (unpaired) electrons. The molecule has 9 nitrogen and oxygen atoms in total. The molecule has 6 rings (SSSR count). The number of nitrogens with zero attached hydrogens (tertiary/aromatic N) is 2. The molecule has 2 atom stereocenters. The highest BCUT2D eigenvalue weighted by Gasteiger charge is 2.72. The number of carbonyl (C=O) groups excluding carboxylic acids is 4. The molecule has 0 aliphatic carbocycles. The van der Waals surface area contributed by atoms with Crippen LogP contribution in [0.2, 0.25) is 0 Å². The van der Waals surface area contributed by atoms with Gasteiger partial charge in [-0.15, -0.1) is 12.8 Å². The van der Waals surface area contributed by atoms with Crippen molar-refractivity contribution >= 4 is 114 Å². The molecule has 6 aromatic carbocycles. The third kappa shape index (κ3) is 15.1. The molecule has 28 heteroatoms. The van der Waals surface area contributed by atoms with E-state index in [2.05, 4.69) is 75.0 Å². The maximum atomic E-state index is 15.0. The van der Waals surface area contributed by atoms with Gasteiger partial charge < -0.3 is 15.4 Å². The van der Waals surface area contributed by atoms with E-state index in [0.29, 0.717) is 34.4 Å². The molecule has 0 fully saturated rings. The van der Waals surface area contributed by atoms with E-state index in [9.17, 15) is 85.9 Å². The standard InChI is InChI=1S/C29H16Br2F8N2O3.C28H15Br3F6N2O2/c1-3-16-5-6-17(9-22(16)41-25(43)19-7-4-15(13-40)8-14(19)2)23(42)12-20-21(30)10-18(11-24(20)44-26(32)33)27(34,28(31,35)36)29(37,38)39;1-3-15-4-7-19(14(2)8-15)25(41)39-23-9-16(5-6-17(23)13-38)24(40)12-20-21(29)10-18(11-22(20)30)26(32,27(31,33)34)28(35,36)37/h1,4-11,26H,12H2,2H3,(H,41,43);1,4-11H,12H2,2H3,(H,39,41). The van der Waals surface area contributed by atoms with E-state index in [1.807, 2.05) is 12.1 Å². The Kier molecular flexibility index (Phi) is 21.6. The number of terminal acetylenes is 2. The minimum absolute atomic E-state index is 0.00913. The lowest BCUT2D eigenvalue weighted by Crippen LogP contribution is -2.49. The van der Waals surface area contributed by atoms with Crippen LogP contribution < -0.4 is 15.4 Å². The van der Waals surface area contributed by atoms with E-state index < -0.39 is 103 Å². The molecule has 2 unspecified atom stereocenters. The summed E-state index contributed by atoms with van der Waals surface area (Å²) >= 11 is 11.5. The van der Waals surface area contributed by atoms with Crippen LogP contribution in [0.1, 0.15) is 97.1 Å². The van der Waals surface area contributed by atoms with Crippen molar-refractivity contribution in [3.8, 4) is 42.6 Å². The van der Waals surface area contributed by atoms with E-state index in [4.69, 9.17) is 18.1 Å². The fraction of sp³-hybridized carbons (Fsp3) is 0.193. The van der Waals surface area contributed by atoms with Crippen LogP contribution in [0.5, 0.6) is 5.75 Å². The fourth-order valence-corrected chi connectivity index (χ4v) is 10.9. The summed E-state index contributed by atoms with van der Waals surface area (Å²) in [6.45, 7) is -0.443. The number of rotatable bonds is 16. The molecule has 0 aromatic heterocycles. The summed E-state index contributed by atoms with van der Waals surface area (Å²) < 4.78 is 195. The lowest BCUT2D eigenvalue weighted by Gasteiger charge is -2.32. The Morgan fingerprint density at radius 2 is 0.941 bits per heavy atom. The molecule has 2 amide bonds. The number of amides is 2. The van der Waals surface area contributed by atoms with E-state index in [1.165, 1.54) is 86.5 Å². The molecule has 0 aliphatic heterocycles. The molecule has 2 N–H and O–H groups in total. The van der Waals surface area contributed by atoms with Crippen LogP contribution in [0.4, 0.5) is 72.8 Å². The quantitative estimate of drug-likeness (QED) is 0.0424. The van der Waals surface area contributed by atoms with Crippen LogP contribution in [0, 0.1) is 61.2 Å². The van der Waals surface area contributed by atoms with Crippen LogP contribution in [-0.2, 0) is 24.2 Å². The molecule has 0 bridgehead atoms. The van der Waals surface area contributed by atoms with E-state index in [0.717, 1.165) is 6.07 Å². The van der Waals surface area contributed by atoms with Gasteiger partial charge in [0.05, 0.1) is 28.6 Å². The Morgan fingerprint density at radius 3 is 1.33 bits per heavy atom. The van der Waals surface area contributed by atoms with Crippen LogP contribution in [-0.4, -0.2) is 52.0 Å². The number of nitrogens with one attached hydrogen (secondary N) is 2. The Labute approximate surface area is 515 Å². The van der Waals surface area contributed by atoms with Gasteiger partial charge in [0.2, 0.25) is 0 Å². The van der Waals surface area contributed by atoms with Gasteiger partial charge in [-0.25, -0.2) is 8.78 Å². The normalized spacial score (nSPS) is 13.1. The Morgan fingerprint density at radius 1 is 0.541 bits per heavy atom. The largest absolute Gasteiger partial charge is 0.434 e. The van der Waals surface area contributed by atoms with Crippen molar-refractivity contribution in [2.75, 3.05) is 10.6 Å². The zero-order valence-electron chi connectivity index (χ0n) is 42.5. The molecule has 0 aliphatic rings. The van der Waals surface area contributed by atoms with Crippen LogP contribution in [0.25, 0.3) is 0 Å². The lowest BCUT2D eigenvalue weighted by atomic mass is 9.92. The minimum atomic E-state index is -6.21. The SMILES string of the molecule is C#Cc1ccc(C(=O)Cc2c(Br)cc(C(F)(C(F)(F)F)C(F)(F)Br)cc2OC(F)F)cc1NC(=O)c1ccc(C#N)cc1C.C#Cc1ccc(C(=O)Nc2cc(C(=O)Cc3c(Br)cc(C(F)(C(F)(F)F)C(F)(F)Br)cc3Br)ccc2C#N)c(C)c1. The van der Waals surface area contributed by atoms with Crippen molar-refractivity contribution in [2.45, 2.75) is 66.7 Å². The maximum absolute atomic E-state index is 15.0. The van der Waals surface area contributed by atoms with E-state index in [-0.39, 0.29) is 71.4 Å². The van der Waals surface area contributed by atoms with Gasteiger partial charge >= 0.3 is 40.0 Å². The molecular weight excluding hydrogens is 1490 g/mol. The molecular formula is C57H31Br5F14N4O5. The molecule has 0 saturated heterocycles.